The molecule has 1 unspecified atom stereocenters. The summed E-state index contributed by atoms with van der Waals surface area (Å²) in [5.41, 5.74) is 1.49. The molecule has 0 bridgehead atoms. The van der Waals surface area contributed by atoms with Crippen LogP contribution in [0, 0.1) is 0 Å². The van der Waals surface area contributed by atoms with Gasteiger partial charge in [0.1, 0.15) is 12.4 Å². The van der Waals surface area contributed by atoms with Crippen molar-refractivity contribution in [3.63, 3.8) is 0 Å². The Labute approximate surface area is 200 Å². The van der Waals surface area contributed by atoms with E-state index in [9.17, 15) is 14.7 Å². The van der Waals surface area contributed by atoms with Crippen LogP contribution in [0.15, 0.2) is 35.1 Å². The van der Waals surface area contributed by atoms with E-state index >= 15 is 0 Å². The SMILES string of the molecule is CCC1(O)C(=O)OCc2c1cc1n(c2=O)Cc2cc3c(OC)cccc3nc2-1.[Cl-].[Na+]. The van der Waals surface area contributed by atoms with Crippen molar-refractivity contribution in [3.8, 4) is 17.1 Å². The molecular formula is C21H18ClN2NaO5. The molecule has 0 amide bonds. The summed E-state index contributed by atoms with van der Waals surface area (Å²) in [6, 6.07) is 9.31. The van der Waals surface area contributed by atoms with Crippen LogP contribution in [-0.2, 0) is 28.3 Å². The summed E-state index contributed by atoms with van der Waals surface area (Å²) in [6.07, 6.45) is 0.122. The maximum absolute atomic E-state index is 13.1. The van der Waals surface area contributed by atoms with Crippen LogP contribution in [0.5, 0.6) is 5.75 Å². The average molecular weight is 437 g/mol. The first-order valence-electron chi connectivity index (χ1n) is 9.11. The summed E-state index contributed by atoms with van der Waals surface area (Å²) in [5.74, 6) is -0.00368. The number of esters is 1. The third-order valence-electron chi connectivity index (χ3n) is 5.73. The van der Waals surface area contributed by atoms with Crippen molar-refractivity contribution in [1.82, 2.24) is 9.55 Å². The van der Waals surface area contributed by atoms with Gasteiger partial charge in [0, 0.05) is 16.5 Å². The Balaban J connectivity index is 0.00000128. The number of aliphatic hydroxyl groups is 1. The Morgan fingerprint density at radius 3 is 2.77 bits per heavy atom. The Morgan fingerprint density at radius 2 is 2.07 bits per heavy atom. The number of carbonyl (C=O) groups is 1. The molecular weight excluding hydrogens is 419 g/mol. The molecule has 4 heterocycles. The summed E-state index contributed by atoms with van der Waals surface area (Å²) in [6.45, 7) is 1.93. The van der Waals surface area contributed by atoms with Gasteiger partial charge in [-0.15, -0.1) is 0 Å². The quantitative estimate of drug-likeness (QED) is 0.255. The maximum Gasteiger partial charge on any atom is 1.00 e. The number of cyclic esters (lactones) is 1. The van der Waals surface area contributed by atoms with Gasteiger partial charge in [0.15, 0.2) is 5.60 Å². The number of rotatable bonds is 2. The number of benzene rings is 1. The second-order valence-electron chi connectivity index (χ2n) is 7.13. The molecule has 5 rings (SSSR count). The standard InChI is InChI=1S/C21H18N2O5.ClH.Na/c1-3-21(26)14-8-16-18-11(7-12-15(22-18)5-4-6-17(12)27-2)9-23(16)19(24)13(14)10-28-20(21)25;;/h4-8,26H,3,9-10H2,1-2H3;1H;/q;;+1/p-1. The number of nitrogens with zero attached hydrogens (tertiary/aromatic N) is 2. The van der Waals surface area contributed by atoms with Crippen molar-refractivity contribution >= 4 is 16.9 Å². The molecule has 2 aromatic heterocycles. The molecule has 1 N–H and O–H groups in total. The molecule has 2 aliphatic rings. The van der Waals surface area contributed by atoms with E-state index in [-0.39, 0.29) is 60.6 Å². The molecule has 30 heavy (non-hydrogen) atoms. The van der Waals surface area contributed by atoms with Crippen molar-refractivity contribution in [2.45, 2.75) is 32.1 Å². The van der Waals surface area contributed by atoms with Gasteiger partial charge in [0.2, 0.25) is 0 Å². The van der Waals surface area contributed by atoms with Crippen LogP contribution in [0.2, 0.25) is 0 Å². The molecule has 0 spiro atoms. The molecule has 7 nitrogen and oxygen atoms in total. The zero-order chi connectivity index (χ0) is 19.6. The van der Waals surface area contributed by atoms with Crippen molar-refractivity contribution < 1.29 is 61.3 Å². The number of ether oxygens (including phenoxy) is 2. The van der Waals surface area contributed by atoms with Gasteiger partial charge < -0.3 is 31.6 Å². The predicted octanol–water partition coefficient (Wildman–Crippen LogP) is -3.90. The minimum Gasteiger partial charge on any atom is -1.00 e. The van der Waals surface area contributed by atoms with Gasteiger partial charge in [-0.3, -0.25) is 4.79 Å². The third kappa shape index (κ3) is 2.99. The summed E-state index contributed by atoms with van der Waals surface area (Å²) >= 11 is 0. The van der Waals surface area contributed by atoms with E-state index in [0.717, 1.165) is 22.2 Å². The average Bonchev–Trinajstić information content (AvgIpc) is 3.07. The third-order valence-corrected chi connectivity index (χ3v) is 5.73. The van der Waals surface area contributed by atoms with Gasteiger partial charge in [0.05, 0.1) is 36.1 Å². The Kier molecular flexibility index (Phi) is 6.06. The van der Waals surface area contributed by atoms with Crippen LogP contribution >= 0.6 is 0 Å². The molecule has 0 saturated carbocycles. The van der Waals surface area contributed by atoms with Crippen molar-refractivity contribution in [1.29, 1.82) is 0 Å². The fourth-order valence-electron chi connectivity index (χ4n) is 4.15. The normalized spacial score (nSPS) is 18.4. The number of hydrogen-bond acceptors (Lipinski definition) is 6. The first kappa shape index (κ1) is 22.8. The van der Waals surface area contributed by atoms with Gasteiger partial charge in [-0.1, -0.05) is 13.0 Å². The molecule has 0 fully saturated rings. The minimum absolute atomic E-state index is 0. The van der Waals surface area contributed by atoms with E-state index in [4.69, 9.17) is 14.5 Å². The zero-order valence-electron chi connectivity index (χ0n) is 16.9. The van der Waals surface area contributed by atoms with E-state index in [1.165, 1.54) is 0 Å². The van der Waals surface area contributed by atoms with Gasteiger partial charge in [-0.25, -0.2) is 9.78 Å². The number of fused-ring (bicyclic) bond motifs is 5. The van der Waals surface area contributed by atoms with Gasteiger partial charge in [0.25, 0.3) is 5.56 Å². The molecule has 2 aliphatic heterocycles. The van der Waals surface area contributed by atoms with Gasteiger partial charge in [-0.05, 0) is 30.7 Å². The van der Waals surface area contributed by atoms with Gasteiger partial charge >= 0.3 is 35.5 Å². The maximum atomic E-state index is 13.1. The molecule has 1 aromatic carbocycles. The monoisotopic (exact) mass is 436 g/mol. The molecule has 0 saturated heterocycles. The van der Waals surface area contributed by atoms with Gasteiger partial charge in [-0.2, -0.15) is 0 Å². The summed E-state index contributed by atoms with van der Waals surface area (Å²) in [7, 11) is 1.61. The number of hydrogen-bond donors (Lipinski definition) is 1. The molecule has 3 aromatic rings. The summed E-state index contributed by atoms with van der Waals surface area (Å²) in [5, 5.41) is 11.8. The molecule has 150 valence electrons. The van der Waals surface area contributed by atoms with Crippen LogP contribution < -0.4 is 52.3 Å². The van der Waals surface area contributed by atoms with Crippen molar-refractivity contribution in [2.24, 2.45) is 0 Å². The van der Waals surface area contributed by atoms with E-state index in [1.807, 2.05) is 24.3 Å². The molecule has 0 radical (unpaired) electrons. The van der Waals surface area contributed by atoms with Crippen molar-refractivity contribution in [3.05, 3.63) is 57.4 Å². The van der Waals surface area contributed by atoms with E-state index in [0.29, 0.717) is 29.1 Å². The minimum atomic E-state index is -1.81. The molecule has 1 atom stereocenters. The van der Waals surface area contributed by atoms with Crippen LogP contribution in [0.1, 0.15) is 30.0 Å². The summed E-state index contributed by atoms with van der Waals surface area (Å²) in [4.78, 5) is 30.1. The Morgan fingerprint density at radius 1 is 1.30 bits per heavy atom. The second kappa shape index (κ2) is 7.98. The van der Waals surface area contributed by atoms with Crippen LogP contribution in [-0.4, -0.2) is 27.7 Å². The topological polar surface area (TPSA) is 90.7 Å². The first-order chi connectivity index (χ1) is 13.5. The van der Waals surface area contributed by atoms with E-state index in [1.54, 1.807) is 24.7 Å². The molecule has 9 heteroatoms. The fourth-order valence-corrected chi connectivity index (χ4v) is 4.15. The van der Waals surface area contributed by atoms with Crippen molar-refractivity contribution in [2.75, 3.05) is 7.11 Å². The second-order valence-corrected chi connectivity index (χ2v) is 7.13. The largest absolute Gasteiger partial charge is 1.00 e. The Hall–Kier alpha value is -1.90. The van der Waals surface area contributed by atoms with Crippen LogP contribution in [0.4, 0.5) is 0 Å². The van der Waals surface area contributed by atoms with Crippen LogP contribution in [0.3, 0.4) is 0 Å². The number of aromatic nitrogens is 2. The number of carbonyl (C=O) groups excluding carboxylic acids is 1. The van der Waals surface area contributed by atoms with E-state index < -0.39 is 11.6 Å². The summed E-state index contributed by atoms with van der Waals surface area (Å²) < 4.78 is 12.1. The van der Waals surface area contributed by atoms with Crippen LogP contribution in [0.25, 0.3) is 22.3 Å². The number of methoxy groups -OCH3 is 1. The van der Waals surface area contributed by atoms with E-state index in [2.05, 4.69) is 0 Å². The Bertz CT molecular complexity index is 1240. The zero-order valence-corrected chi connectivity index (χ0v) is 19.6. The predicted molar refractivity (Wildman–Crippen MR) is 101 cm³/mol. The number of halogens is 1. The number of pyridine rings is 2. The first-order valence-corrected chi connectivity index (χ1v) is 9.11. The smallest absolute Gasteiger partial charge is 1.00 e. The fraction of sp³-hybridized carbons (Fsp3) is 0.286. The molecule has 0 aliphatic carbocycles.